The summed E-state index contributed by atoms with van der Waals surface area (Å²) in [5.74, 6) is -0.441. The average molecular weight is 302 g/mol. The van der Waals surface area contributed by atoms with E-state index in [1.54, 1.807) is 6.07 Å². The van der Waals surface area contributed by atoms with E-state index < -0.39 is 5.97 Å². The molecular formula is C17H22N2O3. The van der Waals surface area contributed by atoms with E-state index in [-0.39, 0.29) is 11.6 Å². The zero-order valence-corrected chi connectivity index (χ0v) is 12.7. The number of amides is 1. The first kappa shape index (κ1) is 15.0. The first-order valence-corrected chi connectivity index (χ1v) is 8.17. The molecule has 1 aliphatic heterocycles. The van der Waals surface area contributed by atoms with Crippen LogP contribution in [-0.4, -0.2) is 39.5 Å². The van der Waals surface area contributed by atoms with E-state index in [0.29, 0.717) is 17.5 Å². The molecule has 0 spiro atoms. The molecule has 118 valence electrons. The fourth-order valence-electron chi connectivity index (χ4n) is 3.87. The molecule has 1 amide bonds. The van der Waals surface area contributed by atoms with Gasteiger partial charge in [-0.25, -0.2) is 9.78 Å². The van der Waals surface area contributed by atoms with Gasteiger partial charge in [-0.2, -0.15) is 0 Å². The van der Waals surface area contributed by atoms with Crippen molar-refractivity contribution in [2.24, 2.45) is 5.92 Å². The summed E-state index contributed by atoms with van der Waals surface area (Å²) in [5.41, 5.74) is 0.467. The van der Waals surface area contributed by atoms with Gasteiger partial charge in [0.05, 0.1) is 5.56 Å². The highest BCUT2D eigenvalue weighted by Crippen LogP contribution is 2.34. The third kappa shape index (κ3) is 2.98. The van der Waals surface area contributed by atoms with E-state index in [9.17, 15) is 9.59 Å². The van der Waals surface area contributed by atoms with Gasteiger partial charge in [-0.15, -0.1) is 0 Å². The van der Waals surface area contributed by atoms with Crippen LogP contribution in [0.2, 0.25) is 0 Å². The summed E-state index contributed by atoms with van der Waals surface area (Å²) in [7, 11) is 0. The van der Waals surface area contributed by atoms with Gasteiger partial charge in [0.1, 0.15) is 5.69 Å². The Balaban J connectivity index is 1.73. The minimum absolute atomic E-state index is 0.00230. The maximum atomic E-state index is 12.7. The normalized spacial score (nSPS) is 22.7. The smallest absolute Gasteiger partial charge is 0.354 e. The van der Waals surface area contributed by atoms with Crippen molar-refractivity contribution in [3.63, 3.8) is 0 Å². The summed E-state index contributed by atoms with van der Waals surface area (Å²) in [6.45, 7) is 0.806. The van der Waals surface area contributed by atoms with Crippen LogP contribution in [0.15, 0.2) is 18.3 Å². The molecule has 0 aromatic carbocycles. The van der Waals surface area contributed by atoms with Crippen molar-refractivity contribution < 1.29 is 14.7 Å². The Morgan fingerprint density at radius 2 is 1.86 bits per heavy atom. The number of hydrogen-bond acceptors (Lipinski definition) is 3. The molecule has 5 heteroatoms. The van der Waals surface area contributed by atoms with Crippen molar-refractivity contribution >= 4 is 11.9 Å². The van der Waals surface area contributed by atoms with Gasteiger partial charge in [-0.3, -0.25) is 4.79 Å². The summed E-state index contributed by atoms with van der Waals surface area (Å²) < 4.78 is 0. The third-order valence-electron chi connectivity index (χ3n) is 4.98. The lowest BCUT2D eigenvalue weighted by Crippen LogP contribution is -2.40. The van der Waals surface area contributed by atoms with Crippen LogP contribution in [0.5, 0.6) is 0 Å². The highest BCUT2D eigenvalue weighted by molar-refractivity contribution is 5.95. The van der Waals surface area contributed by atoms with Crippen LogP contribution in [0.4, 0.5) is 0 Å². The van der Waals surface area contributed by atoms with Crippen LogP contribution >= 0.6 is 0 Å². The van der Waals surface area contributed by atoms with E-state index in [4.69, 9.17) is 5.11 Å². The molecule has 1 aliphatic carbocycles. The first-order valence-electron chi connectivity index (χ1n) is 8.17. The topological polar surface area (TPSA) is 70.5 Å². The highest BCUT2D eigenvalue weighted by Gasteiger charge is 2.35. The van der Waals surface area contributed by atoms with Gasteiger partial charge in [0.25, 0.3) is 5.91 Å². The minimum atomic E-state index is -1.07. The second-order valence-corrected chi connectivity index (χ2v) is 6.34. The molecule has 2 fully saturated rings. The average Bonchev–Trinajstić information content (AvgIpc) is 3.04. The summed E-state index contributed by atoms with van der Waals surface area (Å²) in [6, 6.07) is 3.34. The van der Waals surface area contributed by atoms with Gasteiger partial charge in [0, 0.05) is 18.8 Å². The minimum Gasteiger partial charge on any atom is -0.477 e. The van der Waals surface area contributed by atoms with Gasteiger partial charge in [0.15, 0.2) is 0 Å². The van der Waals surface area contributed by atoms with E-state index >= 15 is 0 Å². The van der Waals surface area contributed by atoms with Crippen LogP contribution in [0.1, 0.15) is 65.8 Å². The SMILES string of the molecule is O=C(O)c1ccc(C(=O)N2CCCC2C2CCCCC2)cn1. The van der Waals surface area contributed by atoms with Crippen molar-refractivity contribution in [2.45, 2.75) is 51.0 Å². The number of likely N-dealkylation sites (tertiary alicyclic amines) is 1. The molecule has 3 rings (SSSR count). The van der Waals surface area contributed by atoms with Gasteiger partial charge < -0.3 is 10.0 Å². The van der Waals surface area contributed by atoms with Gasteiger partial charge >= 0.3 is 5.97 Å². The zero-order valence-electron chi connectivity index (χ0n) is 12.7. The number of hydrogen-bond donors (Lipinski definition) is 1. The van der Waals surface area contributed by atoms with Crippen molar-refractivity contribution in [1.82, 2.24) is 9.88 Å². The monoisotopic (exact) mass is 302 g/mol. The summed E-state index contributed by atoms with van der Waals surface area (Å²) in [6.07, 6.45) is 9.87. The lowest BCUT2D eigenvalue weighted by Gasteiger charge is -2.34. The summed E-state index contributed by atoms with van der Waals surface area (Å²) >= 11 is 0. The first-order chi connectivity index (χ1) is 10.7. The molecule has 5 nitrogen and oxygen atoms in total. The largest absolute Gasteiger partial charge is 0.477 e. The molecule has 1 N–H and O–H groups in total. The molecule has 1 saturated heterocycles. The Bertz CT molecular complexity index is 550. The molecular weight excluding hydrogens is 280 g/mol. The van der Waals surface area contributed by atoms with Crippen LogP contribution in [0.25, 0.3) is 0 Å². The fraction of sp³-hybridized carbons (Fsp3) is 0.588. The lowest BCUT2D eigenvalue weighted by molar-refractivity contribution is 0.0654. The fourth-order valence-corrected chi connectivity index (χ4v) is 3.87. The zero-order chi connectivity index (χ0) is 15.5. The molecule has 2 aliphatic rings. The van der Waals surface area contributed by atoms with Gasteiger partial charge in [0.2, 0.25) is 0 Å². The Morgan fingerprint density at radius 3 is 2.50 bits per heavy atom. The Labute approximate surface area is 130 Å². The highest BCUT2D eigenvalue weighted by atomic mass is 16.4. The van der Waals surface area contributed by atoms with Crippen molar-refractivity contribution in [3.8, 4) is 0 Å². The quantitative estimate of drug-likeness (QED) is 0.932. The predicted molar refractivity (Wildman–Crippen MR) is 81.8 cm³/mol. The van der Waals surface area contributed by atoms with E-state index in [1.165, 1.54) is 44.4 Å². The molecule has 1 saturated carbocycles. The number of aromatic nitrogens is 1. The van der Waals surface area contributed by atoms with Gasteiger partial charge in [-0.1, -0.05) is 19.3 Å². The summed E-state index contributed by atoms with van der Waals surface area (Å²) in [5, 5.41) is 8.88. The number of carboxylic acid groups (broad SMARTS) is 1. The van der Waals surface area contributed by atoms with Crippen LogP contribution in [0, 0.1) is 5.92 Å². The Morgan fingerprint density at radius 1 is 1.09 bits per heavy atom. The molecule has 22 heavy (non-hydrogen) atoms. The molecule has 1 unspecified atom stereocenters. The lowest BCUT2D eigenvalue weighted by atomic mass is 9.83. The van der Waals surface area contributed by atoms with Crippen LogP contribution in [-0.2, 0) is 0 Å². The Kier molecular flexibility index (Phi) is 4.41. The van der Waals surface area contributed by atoms with Crippen molar-refractivity contribution in [2.75, 3.05) is 6.54 Å². The molecule has 1 aromatic heterocycles. The molecule has 0 radical (unpaired) electrons. The number of carbonyl (C=O) groups excluding carboxylic acids is 1. The van der Waals surface area contributed by atoms with Crippen molar-refractivity contribution in [1.29, 1.82) is 0 Å². The van der Waals surface area contributed by atoms with E-state index in [2.05, 4.69) is 4.98 Å². The predicted octanol–water partition coefficient (Wildman–Crippen LogP) is 2.96. The second-order valence-electron chi connectivity index (χ2n) is 6.34. The number of nitrogens with zero attached hydrogens (tertiary/aromatic N) is 2. The van der Waals surface area contributed by atoms with Crippen molar-refractivity contribution in [3.05, 3.63) is 29.6 Å². The molecule has 1 atom stereocenters. The summed E-state index contributed by atoms with van der Waals surface area (Å²) in [4.78, 5) is 29.4. The number of rotatable bonds is 3. The van der Waals surface area contributed by atoms with Crippen LogP contribution in [0.3, 0.4) is 0 Å². The third-order valence-corrected chi connectivity index (χ3v) is 4.98. The number of pyridine rings is 1. The molecule has 2 heterocycles. The standard InChI is InChI=1S/C17H22N2O3/c20-16(13-8-9-14(17(21)22)18-11-13)19-10-4-7-15(19)12-5-2-1-3-6-12/h8-9,11-12,15H,1-7,10H2,(H,21,22). The van der Waals surface area contributed by atoms with E-state index in [1.807, 2.05) is 4.90 Å². The number of aromatic carboxylic acids is 1. The second kappa shape index (κ2) is 6.46. The van der Waals surface area contributed by atoms with E-state index in [0.717, 1.165) is 19.4 Å². The Hall–Kier alpha value is -1.91. The number of carboxylic acids is 1. The number of carbonyl (C=O) groups is 2. The molecule has 0 bridgehead atoms. The maximum Gasteiger partial charge on any atom is 0.354 e. The van der Waals surface area contributed by atoms with Crippen LogP contribution < -0.4 is 0 Å². The van der Waals surface area contributed by atoms with Gasteiger partial charge in [-0.05, 0) is 43.7 Å². The maximum absolute atomic E-state index is 12.7. The molecule has 1 aromatic rings.